The first-order valence-corrected chi connectivity index (χ1v) is 6.98. The minimum Gasteiger partial charge on any atom is -0.322 e. The van der Waals surface area contributed by atoms with Crippen LogP contribution in [0.3, 0.4) is 0 Å². The summed E-state index contributed by atoms with van der Waals surface area (Å²) in [4.78, 5) is 12.2. The van der Waals surface area contributed by atoms with E-state index in [4.69, 9.17) is 11.6 Å². The average molecular weight is 339 g/mol. The monoisotopic (exact) mass is 337 g/mol. The van der Waals surface area contributed by atoms with E-state index >= 15 is 0 Å². The molecule has 0 saturated carbocycles. The van der Waals surface area contributed by atoms with Crippen LogP contribution in [0.25, 0.3) is 0 Å². The van der Waals surface area contributed by atoms with Crippen molar-refractivity contribution >= 4 is 39.1 Å². The molecule has 0 saturated heterocycles. The summed E-state index contributed by atoms with van der Waals surface area (Å²) in [6, 6.07) is 11.0. The van der Waals surface area contributed by atoms with E-state index in [1.165, 1.54) is 0 Å². The second-order valence-corrected chi connectivity index (χ2v) is 5.71. The van der Waals surface area contributed by atoms with Crippen LogP contribution in [-0.4, -0.2) is 5.91 Å². The Morgan fingerprint density at radius 1 is 1.21 bits per heavy atom. The van der Waals surface area contributed by atoms with Gasteiger partial charge in [-0.3, -0.25) is 4.79 Å². The smallest absolute Gasteiger partial charge is 0.255 e. The van der Waals surface area contributed by atoms with Crippen LogP contribution in [0.5, 0.6) is 0 Å². The highest BCUT2D eigenvalue weighted by Crippen LogP contribution is 2.22. The van der Waals surface area contributed by atoms with Crippen molar-refractivity contribution in [1.29, 1.82) is 0 Å². The maximum absolute atomic E-state index is 12.2. The van der Waals surface area contributed by atoms with E-state index in [-0.39, 0.29) is 5.91 Å². The molecule has 2 aromatic rings. The second kappa shape index (κ2) is 5.76. The Kier molecular flexibility index (Phi) is 4.27. The fraction of sp³-hybridized carbons (Fsp3) is 0.133. The first kappa shape index (κ1) is 14.1. The van der Waals surface area contributed by atoms with Crippen molar-refractivity contribution in [1.82, 2.24) is 0 Å². The Hall–Kier alpha value is -1.32. The lowest BCUT2D eigenvalue weighted by Gasteiger charge is -2.10. The molecule has 98 valence electrons. The molecular formula is C15H13BrClNO. The zero-order valence-electron chi connectivity index (χ0n) is 10.6. The van der Waals surface area contributed by atoms with Crippen LogP contribution in [0.4, 0.5) is 5.69 Å². The number of amides is 1. The number of carbonyl (C=O) groups excluding carboxylic acids is 1. The van der Waals surface area contributed by atoms with Crippen molar-refractivity contribution < 1.29 is 4.79 Å². The van der Waals surface area contributed by atoms with Gasteiger partial charge in [0.05, 0.1) is 0 Å². The molecule has 1 amide bonds. The predicted octanol–water partition coefficient (Wildman–Crippen LogP) is 4.97. The lowest BCUT2D eigenvalue weighted by atomic mass is 10.1. The van der Waals surface area contributed by atoms with Crippen LogP contribution in [0.2, 0.25) is 5.02 Å². The maximum atomic E-state index is 12.2. The molecular weight excluding hydrogens is 326 g/mol. The highest BCUT2D eigenvalue weighted by atomic mass is 79.9. The van der Waals surface area contributed by atoms with Crippen molar-refractivity contribution in [3.05, 3.63) is 62.6 Å². The third-order valence-electron chi connectivity index (χ3n) is 2.98. The summed E-state index contributed by atoms with van der Waals surface area (Å²) in [7, 11) is 0. The second-order valence-electron chi connectivity index (χ2n) is 4.36. The predicted molar refractivity (Wildman–Crippen MR) is 83.0 cm³/mol. The summed E-state index contributed by atoms with van der Waals surface area (Å²) in [6.45, 7) is 4.00. The topological polar surface area (TPSA) is 29.1 Å². The van der Waals surface area contributed by atoms with Crippen molar-refractivity contribution in [2.45, 2.75) is 13.8 Å². The molecule has 2 nitrogen and oxygen atoms in total. The summed E-state index contributed by atoms with van der Waals surface area (Å²) in [5, 5.41) is 3.43. The number of rotatable bonds is 2. The van der Waals surface area contributed by atoms with Crippen molar-refractivity contribution in [3.63, 3.8) is 0 Å². The van der Waals surface area contributed by atoms with Gasteiger partial charge in [-0.2, -0.15) is 0 Å². The van der Waals surface area contributed by atoms with Gasteiger partial charge in [0.2, 0.25) is 0 Å². The molecule has 2 aromatic carbocycles. The molecule has 0 aliphatic heterocycles. The lowest BCUT2D eigenvalue weighted by Crippen LogP contribution is -2.13. The normalized spacial score (nSPS) is 10.3. The first-order valence-electron chi connectivity index (χ1n) is 5.81. The van der Waals surface area contributed by atoms with Crippen LogP contribution < -0.4 is 5.32 Å². The van der Waals surface area contributed by atoms with Crippen LogP contribution in [0.1, 0.15) is 21.5 Å². The minimum atomic E-state index is -0.170. The molecule has 0 atom stereocenters. The van der Waals surface area contributed by atoms with Crippen LogP contribution in [0, 0.1) is 13.8 Å². The Morgan fingerprint density at radius 2 is 1.95 bits per heavy atom. The molecule has 1 N–H and O–H groups in total. The molecule has 2 rings (SSSR count). The number of carbonyl (C=O) groups is 1. The highest BCUT2D eigenvalue weighted by molar-refractivity contribution is 9.10. The Labute approximate surface area is 125 Å². The summed E-state index contributed by atoms with van der Waals surface area (Å²) >= 11 is 9.27. The summed E-state index contributed by atoms with van der Waals surface area (Å²) in [5.74, 6) is -0.170. The van der Waals surface area contributed by atoms with Gasteiger partial charge in [0.25, 0.3) is 5.91 Å². The van der Waals surface area contributed by atoms with Gasteiger partial charge in [-0.1, -0.05) is 39.7 Å². The van der Waals surface area contributed by atoms with Crippen LogP contribution in [0.15, 0.2) is 40.9 Å². The van der Waals surface area contributed by atoms with E-state index in [1.54, 1.807) is 18.2 Å². The van der Waals surface area contributed by atoms with E-state index < -0.39 is 0 Å². The van der Waals surface area contributed by atoms with E-state index in [2.05, 4.69) is 21.2 Å². The summed E-state index contributed by atoms with van der Waals surface area (Å²) in [5.41, 5.74) is 3.56. The van der Waals surface area contributed by atoms with E-state index in [9.17, 15) is 4.79 Å². The van der Waals surface area contributed by atoms with Gasteiger partial charge >= 0.3 is 0 Å². The quantitative estimate of drug-likeness (QED) is 0.823. The highest BCUT2D eigenvalue weighted by Gasteiger charge is 2.10. The van der Waals surface area contributed by atoms with E-state index in [1.807, 2.05) is 32.0 Å². The number of halogens is 2. The van der Waals surface area contributed by atoms with Crippen molar-refractivity contribution in [2.75, 3.05) is 5.32 Å². The number of benzene rings is 2. The van der Waals surface area contributed by atoms with Crippen LogP contribution >= 0.6 is 27.5 Å². The molecule has 0 spiro atoms. The number of hydrogen-bond acceptors (Lipinski definition) is 1. The van der Waals surface area contributed by atoms with Gasteiger partial charge in [0.15, 0.2) is 0 Å². The molecule has 0 aliphatic carbocycles. The molecule has 0 aromatic heterocycles. The minimum absolute atomic E-state index is 0.170. The zero-order chi connectivity index (χ0) is 14.0. The molecule has 0 radical (unpaired) electrons. The third-order valence-corrected chi connectivity index (χ3v) is 3.65. The molecule has 0 fully saturated rings. The van der Waals surface area contributed by atoms with Crippen molar-refractivity contribution in [3.8, 4) is 0 Å². The van der Waals surface area contributed by atoms with Gasteiger partial charge in [-0.25, -0.2) is 0 Å². The summed E-state index contributed by atoms with van der Waals surface area (Å²) in [6.07, 6.45) is 0. The number of anilines is 1. The number of aryl methyl sites for hydroxylation is 1. The zero-order valence-corrected chi connectivity index (χ0v) is 13.0. The van der Waals surface area contributed by atoms with Gasteiger partial charge in [-0.15, -0.1) is 0 Å². The van der Waals surface area contributed by atoms with Gasteiger partial charge in [0.1, 0.15) is 0 Å². The molecule has 0 aliphatic rings. The Morgan fingerprint density at radius 3 is 2.63 bits per heavy atom. The third kappa shape index (κ3) is 3.37. The van der Waals surface area contributed by atoms with E-state index in [0.717, 1.165) is 21.3 Å². The Balaban J connectivity index is 2.28. The molecule has 0 bridgehead atoms. The largest absolute Gasteiger partial charge is 0.322 e. The standard InChI is InChI=1S/C15H13BrClNO/c1-9-4-3-5-14(10(9)2)18-15(19)11-6-12(16)8-13(17)7-11/h3-8H,1-2H3,(H,18,19). The van der Waals surface area contributed by atoms with Crippen molar-refractivity contribution in [2.24, 2.45) is 0 Å². The molecule has 0 heterocycles. The molecule has 4 heteroatoms. The van der Waals surface area contributed by atoms with Gasteiger partial charge < -0.3 is 5.32 Å². The lowest BCUT2D eigenvalue weighted by molar-refractivity contribution is 0.102. The van der Waals surface area contributed by atoms with E-state index in [0.29, 0.717) is 10.6 Å². The molecule has 0 unspecified atom stereocenters. The van der Waals surface area contributed by atoms with Crippen LogP contribution in [-0.2, 0) is 0 Å². The maximum Gasteiger partial charge on any atom is 0.255 e. The molecule has 19 heavy (non-hydrogen) atoms. The SMILES string of the molecule is Cc1cccc(NC(=O)c2cc(Cl)cc(Br)c2)c1C. The first-order chi connectivity index (χ1) is 8.97. The number of nitrogens with one attached hydrogen (secondary N) is 1. The number of hydrogen-bond donors (Lipinski definition) is 1. The van der Waals surface area contributed by atoms with Gasteiger partial charge in [-0.05, 0) is 49.2 Å². The summed E-state index contributed by atoms with van der Waals surface area (Å²) < 4.78 is 0.783. The fourth-order valence-corrected chi connectivity index (χ4v) is 2.63. The fourth-order valence-electron chi connectivity index (χ4n) is 1.77. The Bertz CT molecular complexity index is 620. The van der Waals surface area contributed by atoms with Gasteiger partial charge in [0, 0.05) is 20.7 Å². The average Bonchev–Trinajstić information content (AvgIpc) is 2.33.